The Morgan fingerprint density at radius 2 is 1.55 bits per heavy atom. The molecule has 20 heavy (non-hydrogen) atoms. The van der Waals surface area contributed by atoms with Crippen molar-refractivity contribution in [1.82, 2.24) is 0 Å². The van der Waals surface area contributed by atoms with Crippen LogP contribution in [-0.4, -0.2) is 0 Å². The molecule has 0 fully saturated rings. The summed E-state index contributed by atoms with van der Waals surface area (Å²) in [6, 6.07) is 17.6. The van der Waals surface area contributed by atoms with E-state index >= 15 is 0 Å². The molecule has 0 aliphatic carbocycles. The van der Waals surface area contributed by atoms with Crippen LogP contribution in [0.1, 0.15) is 50.2 Å². The predicted octanol–water partition coefficient (Wildman–Crippen LogP) is 6.17. The fourth-order valence-corrected chi connectivity index (χ4v) is 2.76. The normalized spacial score (nSPS) is 10.7. The fraction of sp³-hybridized carbons (Fsp3) is 0.400. The molecule has 0 bridgehead atoms. The van der Waals surface area contributed by atoms with E-state index in [-0.39, 0.29) is 0 Å². The standard InChI is InChI=1S/C20H26/c1-3-4-5-6-8-11-18-14-15-20(17(2)16-18)19-12-9-7-10-13-19/h7,9-10,12-16H,3-6,8,11H2,1-2H3. The second kappa shape index (κ2) is 7.89. The summed E-state index contributed by atoms with van der Waals surface area (Å²) in [4.78, 5) is 0. The van der Waals surface area contributed by atoms with Crippen LogP contribution in [0.4, 0.5) is 0 Å². The summed E-state index contributed by atoms with van der Waals surface area (Å²) in [7, 11) is 0. The summed E-state index contributed by atoms with van der Waals surface area (Å²) in [5.74, 6) is 0. The van der Waals surface area contributed by atoms with Crippen LogP contribution in [0.3, 0.4) is 0 Å². The maximum Gasteiger partial charge on any atom is -0.0155 e. The zero-order chi connectivity index (χ0) is 14.2. The van der Waals surface area contributed by atoms with Crippen molar-refractivity contribution in [2.45, 2.75) is 52.4 Å². The van der Waals surface area contributed by atoms with Crippen molar-refractivity contribution in [1.29, 1.82) is 0 Å². The highest BCUT2D eigenvalue weighted by Gasteiger charge is 2.02. The van der Waals surface area contributed by atoms with Gasteiger partial charge in [0.25, 0.3) is 0 Å². The minimum atomic E-state index is 1.22. The Kier molecular flexibility index (Phi) is 5.86. The molecule has 0 N–H and O–H groups in total. The molecular weight excluding hydrogens is 240 g/mol. The van der Waals surface area contributed by atoms with Crippen molar-refractivity contribution in [3.05, 3.63) is 59.7 Å². The minimum absolute atomic E-state index is 1.22. The zero-order valence-electron chi connectivity index (χ0n) is 12.9. The highest BCUT2D eigenvalue weighted by Crippen LogP contribution is 2.24. The van der Waals surface area contributed by atoms with Gasteiger partial charge in [-0.25, -0.2) is 0 Å². The van der Waals surface area contributed by atoms with Gasteiger partial charge in [0.1, 0.15) is 0 Å². The molecule has 0 aliphatic rings. The molecule has 0 spiro atoms. The third-order valence-corrected chi connectivity index (χ3v) is 3.94. The third kappa shape index (κ3) is 4.23. The SMILES string of the molecule is CCCCCCCc1ccc(-c2ccccc2)c(C)c1. The van der Waals surface area contributed by atoms with Gasteiger partial charge in [-0.15, -0.1) is 0 Å². The Balaban J connectivity index is 1.96. The average molecular weight is 266 g/mol. The van der Waals surface area contributed by atoms with Crippen molar-refractivity contribution < 1.29 is 0 Å². The molecule has 0 heterocycles. The molecule has 0 aliphatic heterocycles. The maximum absolute atomic E-state index is 2.36. The van der Waals surface area contributed by atoms with Crippen LogP contribution >= 0.6 is 0 Å². The molecule has 0 radical (unpaired) electrons. The smallest absolute Gasteiger partial charge is 0.0155 e. The van der Waals surface area contributed by atoms with Crippen molar-refractivity contribution in [3.63, 3.8) is 0 Å². The molecule has 0 nitrogen and oxygen atoms in total. The van der Waals surface area contributed by atoms with Crippen LogP contribution in [-0.2, 0) is 6.42 Å². The predicted molar refractivity (Wildman–Crippen MR) is 89.1 cm³/mol. The van der Waals surface area contributed by atoms with Gasteiger partial charge in [0.2, 0.25) is 0 Å². The molecule has 0 saturated heterocycles. The van der Waals surface area contributed by atoms with E-state index in [9.17, 15) is 0 Å². The number of unbranched alkanes of at least 4 members (excludes halogenated alkanes) is 4. The number of hydrogen-bond donors (Lipinski definition) is 0. The Bertz CT molecular complexity index is 511. The Morgan fingerprint density at radius 1 is 0.800 bits per heavy atom. The van der Waals surface area contributed by atoms with E-state index in [4.69, 9.17) is 0 Å². The van der Waals surface area contributed by atoms with Crippen molar-refractivity contribution >= 4 is 0 Å². The van der Waals surface area contributed by atoms with Crippen LogP contribution in [0.25, 0.3) is 11.1 Å². The first-order valence-electron chi connectivity index (χ1n) is 7.96. The average Bonchev–Trinajstić information content (AvgIpc) is 2.48. The van der Waals surface area contributed by atoms with Gasteiger partial charge in [-0.3, -0.25) is 0 Å². The number of hydrogen-bond acceptors (Lipinski definition) is 0. The van der Waals surface area contributed by atoms with E-state index in [2.05, 4.69) is 62.4 Å². The fourth-order valence-electron chi connectivity index (χ4n) is 2.76. The number of aryl methyl sites for hydroxylation is 2. The summed E-state index contributed by atoms with van der Waals surface area (Å²) < 4.78 is 0. The lowest BCUT2D eigenvalue weighted by molar-refractivity contribution is 0.632. The highest BCUT2D eigenvalue weighted by molar-refractivity contribution is 5.67. The lowest BCUT2D eigenvalue weighted by atomic mass is 9.96. The van der Waals surface area contributed by atoms with E-state index in [0.29, 0.717) is 0 Å². The largest absolute Gasteiger partial charge is 0.0654 e. The van der Waals surface area contributed by atoms with Gasteiger partial charge in [0, 0.05) is 0 Å². The van der Waals surface area contributed by atoms with Crippen LogP contribution in [0, 0.1) is 6.92 Å². The van der Waals surface area contributed by atoms with Gasteiger partial charge in [-0.2, -0.15) is 0 Å². The first kappa shape index (κ1) is 14.8. The summed E-state index contributed by atoms with van der Waals surface area (Å²) in [6.07, 6.45) is 8.01. The molecule has 0 saturated carbocycles. The summed E-state index contributed by atoms with van der Waals surface area (Å²) in [5, 5.41) is 0. The monoisotopic (exact) mass is 266 g/mol. The quantitative estimate of drug-likeness (QED) is 0.525. The van der Waals surface area contributed by atoms with Crippen LogP contribution < -0.4 is 0 Å². The van der Waals surface area contributed by atoms with E-state index in [1.165, 1.54) is 60.8 Å². The number of benzene rings is 2. The molecule has 0 atom stereocenters. The highest BCUT2D eigenvalue weighted by atomic mass is 14.1. The second-order valence-corrected chi connectivity index (χ2v) is 5.68. The Morgan fingerprint density at radius 3 is 2.25 bits per heavy atom. The lowest BCUT2D eigenvalue weighted by Crippen LogP contribution is -1.90. The van der Waals surface area contributed by atoms with Crippen LogP contribution in [0.2, 0.25) is 0 Å². The van der Waals surface area contributed by atoms with Crippen LogP contribution in [0.5, 0.6) is 0 Å². The molecule has 2 aromatic rings. The Labute approximate surface area is 123 Å². The summed E-state index contributed by atoms with van der Waals surface area (Å²) in [6.45, 7) is 4.49. The minimum Gasteiger partial charge on any atom is -0.0654 e. The Hall–Kier alpha value is -1.56. The first-order chi connectivity index (χ1) is 9.81. The molecule has 2 rings (SSSR count). The maximum atomic E-state index is 2.36. The lowest BCUT2D eigenvalue weighted by Gasteiger charge is -2.09. The summed E-state index contributed by atoms with van der Waals surface area (Å²) in [5.41, 5.74) is 5.56. The topological polar surface area (TPSA) is 0 Å². The van der Waals surface area contributed by atoms with E-state index in [0.717, 1.165) is 0 Å². The zero-order valence-corrected chi connectivity index (χ0v) is 12.9. The molecule has 0 amide bonds. The van der Waals surface area contributed by atoms with E-state index in [1.54, 1.807) is 0 Å². The molecular formula is C20H26. The van der Waals surface area contributed by atoms with Crippen molar-refractivity contribution in [2.24, 2.45) is 0 Å². The van der Waals surface area contributed by atoms with Crippen molar-refractivity contribution in [3.8, 4) is 11.1 Å². The number of rotatable bonds is 7. The summed E-state index contributed by atoms with van der Waals surface area (Å²) >= 11 is 0. The van der Waals surface area contributed by atoms with E-state index < -0.39 is 0 Å². The first-order valence-corrected chi connectivity index (χ1v) is 7.96. The molecule has 2 aromatic carbocycles. The van der Waals surface area contributed by atoms with Gasteiger partial charge in [-0.05, 0) is 42.0 Å². The van der Waals surface area contributed by atoms with E-state index in [1.807, 2.05) is 0 Å². The molecule has 0 unspecified atom stereocenters. The molecule has 0 heteroatoms. The van der Waals surface area contributed by atoms with Gasteiger partial charge < -0.3 is 0 Å². The third-order valence-electron chi connectivity index (χ3n) is 3.94. The molecule has 0 aromatic heterocycles. The van der Waals surface area contributed by atoms with Gasteiger partial charge in [-0.1, -0.05) is 81.1 Å². The second-order valence-electron chi connectivity index (χ2n) is 5.68. The van der Waals surface area contributed by atoms with Crippen LogP contribution in [0.15, 0.2) is 48.5 Å². The molecule has 106 valence electrons. The van der Waals surface area contributed by atoms with Crippen molar-refractivity contribution in [2.75, 3.05) is 0 Å². The van der Waals surface area contributed by atoms with Gasteiger partial charge in [0.05, 0.1) is 0 Å². The van der Waals surface area contributed by atoms with Gasteiger partial charge >= 0.3 is 0 Å². The van der Waals surface area contributed by atoms with Gasteiger partial charge in [0.15, 0.2) is 0 Å².